The van der Waals surface area contributed by atoms with Crippen molar-refractivity contribution in [1.82, 2.24) is 14.6 Å². The van der Waals surface area contributed by atoms with E-state index < -0.39 is 33.1 Å². The topological polar surface area (TPSA) is 79.4 Å². The first kappa shape index (κ1) is 20.1. The maximum atomic E-state index is 12.6. The maximum Gasteiger partial charge on any atom is 0.433 e. The molecule has 1 saturated heterocycles. The number of sulfonamides is 1. The number of nitrogens with one attached hydrogen (secondary N) is 1. The molecule has 1 N–H and O–H groups in total. The number of carbonyl (C=O) groups excluding carboxylic acids is 1. The Labute approximate surface area is 156 Å². The number of nitrogens with zero attached hydrogens (tertiary/aromatic N) is 2. The monoisotopic (exact) mass is 405 g/mol. The lowest BCUT2D eigenvalue weighted by Crippen LogP contribution is -2.50. The Balaban J connectivity index is 1.67. The minimum Gasteiger partial charge on any atom is -0.337 e. The van der Waals surface area contributed by atoms with Gasteiger partial charge in [-0.15, -0.1) is 0 Å². The van der Waals surface area contributed by atoms with E-state index in [4.69, 9.17) is 0 Å². The molecule has 1 aliphatic carbocycles. The van der Waals surface area contributed by atoms with Crippen LogP contribution >= 0.6 is 0 Å². The Morgan fingerprint density at radius 2 is 1.85 bits per heavy atom. The van der Waals surface area contributed by atoms with Crippen molar-refractivity contribution in [2.75, 3.05) is 13.1 Å². The summed E-state index contributed by atoms with van der Waals surface area (Å²) in [5, 5.41) is -0.710. The largest absolute Gasteiger partial charge is 0.433 e. The van der Waals surface area contributed by atoms with Gasteiger partial charge in [-0.1, -0.05) is 12.8 Å². The normalized spacial score (nSPS) is 22.2. The van der Waals surface area contributed by atoms with Gasteiger partial charge in [0.15, 0.2) is 0 Å². The number of rotatable bonds is 4. The van der Waals surface area contributed by atoms with Crippen LogP contribution in [-0.4, -0.2) is 48.6 Å². The summed E-state index contributed by atoms with van der Waals surface area (Å²) in [5.74, 6) is -0.503. The van der Waals surface area contributed by atoms with Crippen LogP contribution in [0.3, 0.4) is 0 Å². The van der Waals surface area contributed by atoms with Crippen molar-refractivity contribution in [2.24, 2.45) is 0 Å². The van der Waals surface area contributed by atoms with E-state index in [1.165, 1.54) is 4.90 Å². The molecule has 1 unspecified atom stereocenters. The van der Waals surface area contributed by atoms with E-state index in [2.05, 4.69) is 9.71 Å². The molecule has 10 heteroatoms. The average Bonchev–Trinajstić information content (AvgIpc) is 3.13. The van der Waals surface area contributed by atoms with E-state index in [1.54, 1.807) is 0 Å². The number of hydrogen-bond donors (Lipinski definition) is 1. The van der Waals surface area contributed by atoms with Crippen LogP contribution < -0.4 is 4.72 Å². The molecule has 1 aliphatic heterocycles. The molecular formula is C17H22F3N3O3S. The summed E-state index contributed by atoms with van der Waals surface area (Å²) in [5.41, 5.74) is -1.05. The van der Waals surface area contributed by atoms with Crippen LogP contribution in [0.15, 0.2) is 18.3 Å². The first-order chi connectivity index (χ1) is 12.7. The van der Waals surface area contributed by atoms with Crippen molar-refractivity contribution in [2.45, 2.75) is 56.0 Å². The summed E-state index contributed by atoms with van der Waals surface area (Å²) in [6.07, 6.45) is 0.954. The van der Waals surface area contributed by atoms with Crippen LogP contribution in [0, 0.1) is 0 Å². The van der Waals surface area contributed by atoms with E-state index in [9.17, 15) is 26.4 Å². The van der Waals surface area contributed by atoms with Gasteiger partial charge in [-0.25, -0.2) is 13.1 Å². The molecule has 1 saturated carbocycles. The minimum absolute atomic E-state index is 0.0183. The summed E-state index contributed by atoms with van der Waals surface area (Å²) >= 11 is 0. The van der Waals surface area contributed by atoms with Gasteiger partial charge in [0.05, 0.1) is 10.8 Å². The molecule has 2 aliphatic rings. The number of halogens is 3. The number of amides is 1. The zero-order valence-electron chi connectivity index (χ0n) is 14.7. The van der Waals surface area contributed by atoms with Crippen LogP contribution in [0.25, 0.3) is 0 Å². The van der Waals surface area contributed by atoms with Crippen molar-refractivity contribution >= 4 is 15.9 Å². The van der Waals surface area contributed by atoms with E-state index >= 15 is 0 Å². The van der Waals surface area contributed by atoms with E-state index in [-0.39, 0.29) is 18.2 Å². The summed E-state index contributed by atoms with van der Waals surface area (Å²) in [6, 6.07) is 1.79. The number of alkyl halides is 3. The predicted octanol–water partition coefficient (Wildman–Crippen LogP) is 2.57. The van der Waals surface area contributed by atoms with E-state index in [0.717, 1.165) is 44.0 Å². The third-order valence-corrected chi connectivity index (χ3v) is 7.02. The molecule has 3 rings (SSSR count). The molecule has 0 aromatic carbocycles. The fraction of sp³-hybridized carbons (Fsp3) is 0.647. The van der Waals surface area contributed by atoms with Crippen LogP contribution in [0.1, 0.15) is 54.6 Å². The molecular weight excluding hydrogens is 383 g/mol. The molecule has 2 heterocycles. The van der Waals surface area contributed by atoms with Gasteiger partial charge in [0.2, 0.25) is 10.0 Å². The van der Waals surface area contributed by atoms with Gasteiger partial charge >= 0.3 is 6.18 Å². The molecule has 0 spiro atoms. The molecule has 0 bridgehead atoms. The Hall–Kier alpha value is -1.68. The van der Waals surface area contributed by atoms with Crippen LogP contribution in [0.2, 0.25) is 0 Å². The molecule has 150 valence electrons. The SMILES string of the molecule is O=C(c1ccc(C(F)(F)F)nc1)N1CCCC(S(=O)(=O)NC2CCCC2)C1. The number of pyridine rings is 1. The lowest BCUT2D eigenvalue weighted by molar-refractivity contribution is -0.141. The second kappa shape index (κ2) is 7.75. The Morgan fingerprint density at radius 1 is 1.15 bits per heavy atom. The average molecular weight is 405 g/mol. The highest BCUT2D eigenvalue weighted by Crippen LogP contribution is 2.28. The van der Waals surface area contributed by atoms with Gasteiger partial charge in [-0.2, -0.15) is 13.2 Å². The Kier molecular flexibility index (Phi) is 5.76. The van der Waals surface area contributed by atoms with Crippen molar-refractivity contribution < 1.29 is 26.4 Å². The first-order valence-corrected chi connectivity index (χ1v) is 10.5. The van der Waals surface area contributed by atoms with Gasteiger partial charge < -0.3 is 4.90 Å². The van der Waals surface area contributed by atoms with E-state index in [1.807, 2.05) is 0 Å². The smallest absolute Gasteiger partial charge is 0.337 e. The minimum atomic E-state index is -4.57. The number of piperidine rings is 1. The highest BCUT2D eigenvalue weighted by Gasteiger charge is 2.36. The fourth-order valence-electron chi connectivity index (χ4n) is 3.62. The fourth-order valence-corrected chi connectivity index (χ4v) is 5.36. The second-order valence-corrected chi connectivity index (χ2v) is 9.08. The van der Waals surface area contributed by atoms with Crippen LogP contribution in [-0.2, 0) is 16.2 Å². The molecule has 1 atom stereocenters. The third-order valence-electron chi connectivity index (χ3n) is 5.09. The van der Waals surface area contributed by atoms with Crippen molar-refractivity contribution in [3.63, 3.8) is 0 Å². The summed E-state index contributed by atoms with van der Waals surface area (Å²) in [7, 11) is -3.55. The van der Waals surface area contributed by atoms with Gasteiger partial charge in [0, 0.05) is 25.3 Å². The number of likely N-dealkylation sites (tertiary alicyclic amines) is 1. The Morgan fingerprint density at radius 3 is 2.44 bits per heavy atom. The zero-order chi connectivity index (χ0) is 19.7. The number of hydrogen-bond acceptors (Lipinski definition) is 4. The first-order valence-electron chi connectivity index (χ1n) is 9.00. The highest BCUT2D eigenvalue weighted by atomic mass is 32.2. The quantitative estimate of drug-likeness (QED) is 0.835. The molecule has 6 nitrogen and oxygen atoms in total. The summed E-state index contributed by atoms with van der Waals surface area (Å²) in [4.78, 5) is 17.2. The Bertz CT molecular complexity index is 775. The predicted molar refractivity (Wildman–Crippen MR) is 92.5 cm³/mol. The third kappa shape index (κ3) is 4.78. The molecule has 1 aromatic heterocycles. The van der Waals surface area contributed by atoms with Gasteiger partial charge in [-0.3, -0.25) is 9.78 Å². The van der Waals surface area contributed by atoms with E-state index in [0.29, 0.717) is 19.4 Å². The number of carbonyl (C=O) groups is 1. The standard InChI is InChI=1S/C17H22F3N3O3S/c18-17(19,20)15-8-7-12(10-21-15)16(24)23-9-3-6-14(11-23)27(25,26)22-13-4-1-2-5-13/h7-8,10,13-14,22H,1-6,9,11H2. The number of aromatic nitrogens is 1. The molecule has 2 fully saturated rings. The maximum absolute atomic E-state index is 12.6. The summed E-state index contributed by atoms with van der Waals surface area (Å²) in [6.45, 7) is 0.400. The van der Waals surface area contributed by atoms with Gasteiger partial charge in [0.25, 0.3) is 5.91 Å². The molecule has 1 amide bonds. The summed E-state index contributed by atoms with van der Waals surface area (Å²) < 4.78 is 65.8. The van der Waals surface area contributed by atoms with Crippen molar-refractivity contribution in [3.8, 4) is 0 Å². The second-order valence-electron chi connectivity index (χ2n) is 7.09. The lowest BCUT2D eigenvalue weighted by Gasteiger charge is -2.33. The van der Waals surface area contributed by atoms with Crippen molar-refractivity contribution in [1.29, 1.82) is 0 Å². The lowest BCUT2D eigenvalue weighted by atomic mass is 10.1. The van der Waals surface area contributed by atoms with Gasteiger partial charge in [-0.05, 0) is 37.8 Å². The van der Waals surface area contributed by atoms with Crippen LogP contribution in [0.4, 0.5) is 13.2 Å². The molecule has 27 heavy (non-hydrogen) atoms. The molecule has 1 aromatic rings. The van der Waals surface area contributed by atoms with Gasteiger partial charge in [0.1, 0.15) is 5.69 Å². The zero-order valence-corrected chi connectivity index (χ0v) is 15.5. The van der Waals surface area contributed by atoms with Crippen molar-refractivity contribution in [3.05, 3.63) is 29.6 Å². The highest BCUT2D eigenvalue weighted by molar-refractivity contribution is 7.90. The van der Waals surface area contributed by atoms with Crippen LogP contribution in [0.5, 0.6) is 0 Å². The molecule has 0 radical (unpaired) electrons.